The Kier molecular flexibility index (Phi) is 8.58. The number of nitrogens with one attached hydrogen (secondary N) is 1. The van der Waals surface area contributed by atoms with Gasteiger partial charge in [0.25, 0.3) is 15.9 Å². The highest BCUT2D eigenvalue weighted by molar-refractivity contribution is 7.98. The number of rotatable bonds is 9. The van der Waals surface area contributed by atoms with Crippen LogP contribution in [-0.4, -0.2) is 39.7 Å². The minimum absolute atomic E-state index is 0.205. The minimum Gasteiger partial charge on any atom is -0.462 e. The standard InChI is InChI=1S/C26H28N2O5S2/c1-5-28(35(31,32)23-15-13-22(34-4)14-16-23)21-11-9-19(10-12-21)25(29)27-24-17-20(8-7-18(24)3)26(30)33-6-2/h7-17H,5-6H2,1-4H3,(H,27,29). The van der Waals surface area contributed by atoms with Crippen LogP contribution in [0.4, 0.5) is 11.4 Å². The van der Waals surface area contributed by atoms with Crippen molar-refractivity contribution in [3.63, 3.8) is 0 Å². The lowest BCUT2D eigenvalue weighted by Crippen LogP contribution is -2.30. The number of hydrogen-bond donors (Lipinski definition) is 1. The highest BCUT2D eigenvalue weighted by atomic mass is 32.2. The molecule has 0 bridgehead atoms. The van der Waals surface area contributed by atoms with E-state index in [1.807, 2.05) is 13.2 Å². The van der Waals surface area contributed by atoms with Gasteiger partial charge >= 0.3 is 5.97 Å². The second kappa shape index (κ2) is 11.4. The third kappa shape index (κ3) is 6.04. The number of anilines is 2. The third-order valence-electron chi connectivity index (χ3n) is 5.35. The summed E-state index contributed by atoms with van der Waals surface area (Å²) in [5, 5.41) is 2.81. The molecule has 1 amide bonds. The minimum atomic E-state index is -3.75. The zero-order chi connectivity index (χ0) is 25.6. The first-order valence-electron chi connectivity index (χ1n) is 11.1. The fraction of sp³-hybridized carbons (Fsp3) is 0.231. The van der Waals surface area contributed by atoms with Gasteiger partial charge in [-0.25, -0.2) is 13.2 Å². The number of amides is 1. The quantitative estimate of drug-likeness (QED) is 0.306. The molecule has 35 heavy (non-hydrogen) atoms. The predicted molar refractivity (Wildman–Crippen MR) is 140 cm³/mol. The molecule has 0 fully saturated rings. The first kappa shape index (κ1) is 26.3. The zero-order valence-electron chi connectivity index (χ0n) is 20.1. The second-order valence-electron chi connectivity index (χ2n) is 7.60. The van der Waals surface area contributed by atoms with Crippen LogP contribution in [0.3, 0.4) is 0 Å². The number of nitrogens with zero attached hydrogens (tertiary/aromatic N) is 1. The van der Waals surface area contributed by atoms with Crippen LogP contribution in [0, 0.1) is 6.92 Å². The van der Waals surface area contributed by atoms with E-state index < -0.39 is 16.0 Å². The first-order valence-corrected chi connectivity index (χ1v) is 13.7. The van der Waals surface area contributed by atoms with Gasteiger partial charge in [0, 0.05) is 22.7 Å². The monoisotopic (exact) mass is 512 g/mol. The predicted octanol–water partition coefficient (Wildman–Crippen LogP) is 5.36. The fourth-order valence-corrected chi connectivity index (χ4v) is 5.32. The van der Waals surface area contributed by atoms with Crippen LogP contribution in [0.1, 0.15) is 40.1 Å². The van der Waals surface area contributed by atoms with Crippen LogP contribution in [0.5, 0.6) is 0 Å². The lowest BCUT2D eigenvalue weighted by Gasteiger charge is -2.23. The van der Waals surface area contributed by atoms with E-state index in [-0.39, 0.29) is 24.0 Å². The Morgan fingerprint density at radius 3 is 2.14 bits per heavy atom. The van der Waals surface area contributed by atoms with Crippen LogP contribution < -0.4 is 9.62 Å². The van der Waals surface area contributed by atoms with Gasteiger partial charge in [0.1, 0.15) is 0 Å². The summed E-state index contributed by atoms with van der Waals surface area (Å²) in [6.07, 6.45) is 1.93. The van der Waals surface area contributed by atoms with Crippen LogP contribution >= 0.6 is 11.8 Å². The van der Waals surface area contributed by atoms with E-state index in [2.05, 4.69) is 5.32 Å². The molecule has 0 unspecified atom stereocenters. The maximum absolute atomic E-state index is 13.2. The SMILES string of the molecule is CCOC(=O)c1ccc(C)c(NC(=O)c2ccc(N(CC)S(=O)(=O)c3ccc(SC)cc3)cc2)c1. The van der Waals surface area contributed by atoms with E-state index in [1.165, 1.54) is 16.1 Å². The molecule has 184 valence electrons. The third-order valence-corrected chi connectivity index (χ3v) is 8.01. The maximum atomic E-state index is 13.2. The van der Waals surface area contributed by atoms with Crippen LogP contribution in [0.15, 0.2) is 76.5 Å². The number of aryl methyl sites for hydroxylation is 1. The van der Waals surface area contributed by atoms with E-state index >= 15 is 0 Å². The van der Waals surface area contributed by atoms with Crippen molar-refractivity contribution < 1.29 is 22.7 Å². The molecule has 0 spiro atoms. The van der Waals surface area contributed by atoms with Gasteiger partial charge in [0.05, 0.1) is 22.8 Å². The number of carbonyl (C=O) groups is 2. The number of hydrogen-bond acceptors (Lipinski definition) is 6. The summed E-state index contributed by atoms with van der Waals surface area (Å²) in [5.41, 5.74) is 2.44. The van der Waals surface area contributed by atoms with E-state index in [4.69, 9.17) is 4.74 Å². The molecule has 0 saturated heterocycles. The van der Waals surface area contributed by atoms with Gasteiger partial charge in [-0.05, 0) is 93.3 Å². The maximum Gasteiger partial charge on any atom is 0.338 e. The highest BCUT2D eigenvalue weighted by Gasteiger charge is 2.24. The van der Waals surface area contributed by atoms with Crippen molar-refractivity contribution in [3.05, 3.63) is 83.4 Å². The van der Waals surface area contributed by atoms with Crippen molar-refractivity contribution in [1.82, 2.24) is 0 Å². The van der Waals surface area contributed by atoms with E-state index in [1.54, 1.807) is 80.6 Å². The molecule has 0 radical (unpaired) electrons. The topological polar surface area (TPSA) is 92.8 Å². The van der Waals surface area contributed by atoms with Gasteiger partial charge in [-0.1, -0.05) is 6.07 Å². The summed E-state index contributed by atoms with van der Waals surface area (Å²) < 4.78 is 32.7. The van der Waals surface area contributed by atoms with E-state index in [0.29, 0.717) is 22.5 Å². The molecular weight excluding hydrogens is 484 g/mol. The number of benzene rings is 3. The van der Waals surface area contributed by atoms with Crippen molar-refractivity contribution in [3.8, 4) is 0 Å². The first-order chi connectivity index (χ1) is 16.7. The van der Waals surface area contributed by atoms with Crippen LogP contribution in [0.2, 0.25) is 0 Å². The van der Waals surface area contributed by atoms with Crippen molar-refractivity contribution in [2.24, 2.45) is 0 Å². The number of esters is 1. The Balaban J connectivity index is 1.80. The Bertz CT molecular complexity index is 1300. The number of carbonyl (C=O) groups excluding carboxylic acids is 2. The average Bonchev–Trinajstić information content (AvgIpc) is 2.86. The molecule has 9 heteroatoms. The van der Waals surface area contributed by atoms with Gasteiger partial charge in [-0.2, -0.15) is 0 Å². The summed E-state index contributed by atoms with van der Waals surface area (Å²) in [6.45, 7) is 5.80. The summed E-state index contributed by atoms with van der Waals surface area (Å²) in [5.74, 6) is -0.837. The smallest absolute Gasteiger partial charge is 0.338 e. The Labute approximate surface area is 210 Å². The van der Waals surface area contributed by atoms with Gasteiger partial charge < -0.3 is 10.1 Å². The Morgan fingerprint density at radius 1 is 0.943 bits per heavy atom. The van der Waals surface area contributed by atoms with Crippen LogP contribution in [0.25, 0.3) is 0 Å². The lowest BCUT2D eigenvalue weighted by molar-refractivity contribution is 0.0526. The van der Waals surface area contributed by atoms with Gasteiger partial charge in [-0.15, -0.1) is 11.8 Å². The molecule has 0 heterocycles. The molecule has 1 N–H and O–H groups in total. The molecule has 0 aliphatic rings. The molecule has 7 nitrogen and oxygen atoms in total. The summed E-state index contributed by atoms with van der Waals surface area (Å²) in [4.78, 5) is 26.0. The van der Waals surface area contributed by atoms with Gasteiger partial charge in [-0.3, -0.25) is 9.10 Å². The largest absolute Gasteiger partial charge is 0.462 e. The lowest BCUT2D eigenvalue weighted by atomic mass is 10.1. The van der Waals surface area contributed by atoms with Crippen molar-refractivity contribution in [2.75, 3.05) is 29.0 Å². The van der Waals surface area contributed by atoms with Gasteiger partial charge in [0.2, 0.25) is 0 Å². The van der Waals surface area contributed by atoms with Crippen molar-refractivity contribution >= 4 is 45.0 Å². The molecule has 0 saturated carbocycles. The summed E-state index contributed by atoms with van der Waals surface area (Å²) in [7, 11) is -3.75. The Hall–Kier alpha value is -3.30. The number of thioether (sulfide) groups is 1. The normalized spacial score (nSPS) is 11.1. The molecule has 0 aromatic heterocycles. The molecule has 3 rings (SSSR count). The number of sulfonamides is 1. The summed E-state index contributed by atoms with van der Waals surface area (Å²) >= 11 is 1.54. The van der Waals surface area contributed by atoms with E-state index in [0.717, 1.165) is 10.5 Å². The highest BCUT2D eigenvalue weighted by Crippen LogP contribution is 2.26. The molecular formula is C26H28N2O5S2. The molecule has 3 aromatic carbocycles. The van der Waals surface area contributed by atoms with Crippen LogP contribution in [-0.2, 0) is 14.8 Å². The van der Waals surface area contributed by atoms with Crippen molar-refractivity contribution in [1.29, 1.82) is 0 Å². The molecule has 0 aliphatic carbocycles. The average molecular weight is 513 g/mol. The van der Waals surface area contributed by atoms with E-state index in [9.17, 15) is 18.0 Å². The van der Waals surface area contributed by atoms with Crippen molar-refractivity contribution in [2.45, 2.75) is 30.6 Å². The fourth-order valence-electron chi connectivity index (χ4n) is 3.44. The number of ether oxygens (including phenoxy) is 1. The Morgan fingerprint density at radius 2 is 1.57 bits per heavy atom. The molecule has 0 atom stereocenters. The molecule has 3 aromatic rings. The van der Waals surface area contributed by atoms with Gasteiger partial charge in [0.15, 0.2) is 0 Å². The summed E-state index contributed by atoms with van der Waals surface area (Å²) in [6, 6.07) is 18.1. The second-order valence-corrected chi connectivity index (χ2v) is 10.3. The zero-order valence-corrected chi connectivity index (χ0v) is 21.7. The molecule has 0 aliphatic heterocycles.